The number of halogens is 1. The van der Waals surface area contributed by atoms with Crippen LogP contribution in [0.3, 0.4) is 0 Å². The SMILES string of the molecule is CN=C(NCCCC(=O)NC1CC1)NC(C)c1ccc(C)o1.I. The Labute approximate surface area is 154 Å². The summed E-state index contributed by atoms with van der Waals surface area (Å²) in [5.41, 5.74) is 0. The summed E-state index contributed by atoms with van der Waals surface area (Å²) in [7, 11) is 1.73. The van der Waals surface area contributed by atoms with Gasteiger partial charge in [0.25, 0.3) is 0 Å². The number of amides is 1. The van der Waals surface area contributed by atoms with E-state index >= 15 is 0 Å². The number of aryl methyl sites for hydroxylation is 1. The fourth-order valence-corrected chi connectivity index (χ4v) is 2.14. The lowest BCUT2D eigenvalue weighted by Crippen LogP contribution is -2.39. The number of aliphatic imine (C=N–C) groups is 1. The molecule has 23 heavy (non-hydrogen) atoms. The standard InChI is InChI=1S/C16H26N4O2.HI/c1-11-6-9-14(22-11)12(2)19-16(17-3)18-10-4-5-15(21)20-13-7-8-13;/h6,9,12-13H,4-5,7-8,10H2,1-3H3,(H,20,21)(H2,17,18,19);1H. The molecule has 1 heterocycles. The third-order valence-electron chi connectivity index (χ3n) is 3.58. The van der Waals surface area contributed by atoms with Gasteiger partial charge in [0.15, 0.2) is 5.96 Å². The summed E-state index contributed by atoms with van der Waals surface area (Å²) in [4.78, 5) is 15.8. The van der Waals surface area contributed by atoms with E-state index in [0.717, 1.165) is 30.8 Å². The summed E-state index contributed by atoms with van der Waals surface area (Å²) in [6.07, 6.45) is 3.59. The van der Waals surface area contributed by atoms with E-state index in [-0.39, 0.29) is 35.9 Å². The lowest BCUT2D eigenvalue weighted by Gasteiger charge is -2.16. The van der Waals surface area contributed by atoms with Crippen LogP contribution in [0.1, 0.15) is 50.2 Å². The molecule has 1 unspecified atom stereocenters. The maximum absolute atomic E-state index is 11.6. The van der Waals surface area contributed by atoms with Gasteiger partial charge in [0.05, 0.1) is 6.04 Å². The fourth-order valence-electron chi connectivity index (χ4n) is 2.14. The third-order valence-corrected chi connectivity index (χ3v) is 3.58. The van der Waals surface area contributed by atoms with Crippen molar-refractivity contribution in [3.8, 4) is 0 Å². The van der Waals surface area contributed by atoms with Crippen LogP contribution in [-0.4, -0.2) is 31.5 Å². The average molecular weight is 434 g/mol. The summed E-state index contributed by atoms with van der Waals surface area (Å²) >= 11 is 0. The van der Waals surface area contributed by atoms with Gasteiger partial charge >= 0.3 is 0 Å². The van der Waals surface area contributed by atoms with Crippen molar-refractivity contribution in [1.82, 2.24) is 16.0 Å². The summed E-state index contributed by atoms with van der Waals surface area (Å²) < 4.78 is 5.59. The van der Waals surface area contributed by atoms with Gasteiger partial charge in [0.1, 0.15) is 11.5 Å². The number of hydrogen-bond donors (Lipinski definition) is 3. The second kappa shape index (κ2) is 9.79. The van der Waals surface area contributed by atoms with Crippen LogP contribution < -0.4 is 16.0 Å². The molecule has 1 aromatic rings. The molecule has 1 fully saturated rings. The van der Waals surface area contributed by atoms with Crippen LogP contribution >= 0.6 is 24.0 Å². The Balaban J connectivity index is 0.00000264. The lowest BCUT2D eigenvalue weighted by atomic mass is 10.2. The summed E-state index contributed by atoms with van der Waals surface area (Å²) in [6.45, 7) is 4.66. The molecule has 0 saturated heterocycles. The Hall–Kier alpha value is -1.25. The van der Waals surface area contributed by atoms with Gasteiger partial charge in [-0.05, 0) is 45.2 Å². The van der Waals surface area contributed by atoms with Crippen molar-refractivity contribution >= 4 is 35.8 Å². The Morgan fingerprint density at radius 3 is 2.74 bits per heavy atom. The molecule has 2 rings (SSSR count). The molecule has 0 spiro atoms. The van der Waals surface area contributed by atoms with Gasteiger partial charge in [-0.1, -0.05) is 0 Å². The topological polar surface area (TPSA) is 78.7 Å². The Kier molecular flexibility index (Phi) is 8.43. The Bertz CT molecular complexity index is 526. The normalized spacial score (nSPS) is 15.5. The zero-order chi connectivity index (χ0) is 15.9. The predicted octanol–water partition coefficient (Wildman–Crippen LogP) is 2.49. The molecule has 1 atom stereocenters. The average Bonchev–Trinajstić information content (AvgIpc) is 3.19. The van der Waals surface area contributed by atoms with E-state index in [1.165, 1.54) is 0 Å². The van der Waals surface area contributed by atoms with Crippen LogP contribution in [0, 0.1) is 6.92 Å². The molecule has 7 heteroatoms. The van der Waals surface area contributed by atoms with Gasteiger partial charge in [-0.15, -0.1) is 24.0 Å². The van der Waals surface area contributed by atoms with Crippen LogP contribution in [0.15, 0.2) is 21.5 Å². The Morgan fingerprint density at radius 2 is 2.17 bits per heavy atom. The number of carbonyl (C=O) groups is 1. The first-order chi connectivity index (χ1) is 10.6. The first kappa shape index (κ1) is 19.8. The van der Waals surface area contributed by atoms with Crippen molar-refractivity contribution < 1.29 is 9.21 Å². The van der Waals surface area contributed by atoms with E-state index in [0.29, 0.717) is 25.0 Å². The van der Waals surface area contributed by atoms with Gasteiger partial charge in [-0.2, -0.15) is 0 Å². The molecule has 1 saturated carbocycles. The third kappa shape index (κ3) is 7.24. The molecule has 0 aromatic carbocycles. The highest BCUT2D eigenvalue weighted by Crippen LogP contribution is 2.18. The van der Waals surface area contributed by atoms with Gasteiger partial charge in [0.2, 0.25) is 5.91 Å². The second-order valence-corrected chi connectivity index (χ2v) is 5.76. The summed E-state index contributed by atoms with van der Waals surface area (Å²) in [6, 6.07) is 4.38. The molecule has 1 aliphatic rings. The molecular formula is C16H27IN4O2. The molecule has 130 valence electrons. The first-order valence-electron chi connectivity index (χ1n) is 7.91. The number of nitrogens with one attached hydrogen (secondary N) is 3. The van der Waals surface area contributed by atoms with Gasteiger partial charge < -0.3 is 20.4 Å². The van der Waals surface area contributed by atoms with E-state index in [2.05, 4.69) is 20.9 Å². The van der Waals surface area contributed by atoms with Crippen molar-refractivity contribution in [1.29, 1.82) is 0 Å². The predicted molar refractivity (Wildman–Crippen MR) is 102 cm³/mol. The number of guanidine groups is 1. The molecule has 0 aliphatic heterocycles. The van der Waals surface area contributed by atoms with Crippen molar-refractivity contribution in [2.24, 2.45) is 4.99 Å². The van der Waals surface area contributed by atoms with Crippen molar-refractivity contribution in [3.63, 3.8) is 0 Å². The van der Waals surface area contributed by atoms with Crippen LogP contribution in [-0.2, 0) is 4.79 Å². The van der Waals surface area contributed by atoms with Gasteiger partial charge in [-0.3, -0.25) is 9.79 Å². The molecule has 0 radical (unpaired) electrons. The van der Waals surface area contributed by atoms with E-state index in [1.807, 2.05) is 26.0 Å². The van der Waals surface area contributed by atoms with E-state index < -0.39 is 0 Å². The highest BCUT2D eigenvalue weighted by Gasteiger charge is 2.22. The molecule has 1 aliphatic carbocycles. The maximum Gasteiger partial charge on any atom is 0.220 e. The lowest BCUT2D eigenvalue weighted by molar-refractivity contribution is -0.121. The van der Waals surface area contributed by atoms with Crippen molar-refractivity contribution in [2.45, 2.75) is 51.6 Å². The minimum absolute atomic E-state index is 0. The second-order valence-electron chi connectivity index (χ2n) is 5.76. The number of carbonyl (C=O) groups excluding carboxylic acids is 1. The van der Waals surface area contributed by atoms with Crippen LogP contribution in [0.4, 0.5) is 0 Å². The van der Waals surface area contributed by atoms with Crippen LogP contribution in [0.5, 0.6) is 0 Å². The summed E-state index contributed by atoms with van der Waals surface area (Å²) in [5, 5.41) is 9.48. The molecule has 0 bridgehead atoms. The number of furan rings is 1. The van der Waals surface area contributed by atoms with Gasteiger partial charge in [0, 0.05) is 26.1 Å². The minimum atomic E-state index is 0. The van der Waals surface area contributed by atoms with Crippen LogP contribution in [0.25, 0.3) is 0 Å². The quantitative estimate of drug-likeness (QED) is 0.267. The molecule has 1 aromatic heterocycles. The molecule has 1 amide bonds. The highest BCUT2D eigenvalue weighted by molar-refractivity contribution is 14.0. The Morgan fingerprint density at radius 1 is 1.43 bits per heavy atom. The number of rotatable bonds is 7. The molecule has 6 nitrogen and oxygen atoms in total. The number of nitrogens with zero attached hydrogens (tertiary/aromatic N) is 1. The summed E-state index contributed by atoms with van der Waals surface area (Å²) in [5.74, 6) is 2.63. The zero-order valence-corrected chi connectivity index (χ0v) is 16.3. The monoisotopic (exact) mass is 434 g/mol. The first-order valence-corrected chi connectivity index (χ1v) is 7.91. The fraction of sp³-hybridized carbons (Fsp3) is 0.625. The smallest absolute Gasteiger partial charge is 0.220 e. The van der Waals surface area contributed by atoms with E-state index in [1.54, 1.807) is 7.05 Å². The molecule has 3 N–H and O–H groups in total. The minimum Gasteiger partial charge on any atom is -0.464 e. The number of hydrogen-bond acceptors (Lipinski definition) is 3. The van der Waals surface area contributed by atoms with Crippen molar-refractivity contribution in [2.75, 3.05) is 13.6 Å². The van der Waals surface area contributed by atoms with E-state index in [9.17, 15) is 4.79 Å². The molecular weight excluding hydrogens is 407 g/mol. The van der Waals surface area contributed by atoms with Crippen LogP contribution in [0.2, 0.25) is 0 Å². The largest absolute Gasteiger partial charge is 0.464 e. The van der Waals surface area contributed by atoms with Crippen molar-refractivity contribution in [3.05, 3.63) is 23.7 Å². The van der Waals surface area contributed by atoms with E-state index in [4.69, 9.17) is 4.42 Å². The maximum atomic E-state index is 11.6. The van der Waals surface area contributed by atoms with Gasteiger partial charge in [-0.25, -0.2) is 0 Å². The highest BCUT2D eigenvalue weighted by atomic mass is 127. The zero-order valence-electron chi connectivity index (χ0n) is 14.0.